The van der Waals surface area contributed by atoms with E-state index in [0.717, 1.165) is 5.56 Å². The Bertz CT molecular complexity index is 982. The lowest BCUT2D eigenvalue weighted by atomic mass is 10.1. The lowest BCUT2D eigenvalue weighted by Gasteiger charge is -2.06. The molecule has 0 spiro atoms. The summed E-state index contributed by atoms with van der Waals surface area (Å²) in [6, 6.07) is 22.1. The van der Waals surface area contributed by atoms with Gasteiger partial charge in [0, 0.05) is 22.9 Å². The van der Waals surface area contributed by atoms with Crippen LogP contribution in [0.25, 0.3) is 6.08 Å². The van der Waals surface area contributed by atoms with E-state index in [1.165, 1.54) is 18.2 Å². The maximum absolute atomic E-state index is 13.5. The lowest BCUT2D eigenvalue weighted by Crippen LogP contribution is -2.11. The Labute approximate surface area is 162 Å². The van der Waals surface area contributed by atoms with Crippen LogP contribution in [-0.2, 0) is 16.1 Å². The first-order chi connectivity index (χ1) is 13.6. The van der Waals surface area contributed by atoms with E-state index in [9.17, 15) is 14.0 Å². The van der Waals surface area contributed by atoms with E-state index in [1.807, 2.05) is 18.2 Å². The highest BCUT2D eigenvalue weighted by Gasteiger charge is 2.06. The Morgan fingerprint density at radius 1 is 0.893 bits per heavy atom. The predicted molar refractivity (Wildman–Crippen MR) is 106 cm³/mol. The number of hydrogen-bond donors (Lipinski definition) is 1. The van der Waals surface area contributed by atoms with Gasteiger partial charge >= 0.3 is 5.97 Å². The predicted octanol–water partition coefficient (Wildman–Crippen LogP) is 4.83. The highest BCUT2D eigenvalue weighted by Crippen LogP contribution is 2.11. The standard InChI is InChI=1S/C23H18FNO3/c24-21-9-5-4-6-18(21)14-15-22(26)28-16-17-10-12-19(13-11-17)23(27)25-20-7-2-1-3-8-20/h1-15H,16H2,(H,25,27)/b15-14+. The minimum atomic E-state index is -0.575. The summed E-state index contributed by atoms with van der Waals surface area (Å²) in [5.41, 5.74) is 2.27. The van der Waals surface area contributed by atoms with E-state index >= 15 is 0 Å². The van der Waals surface area contributed by atoms with E-state index in [1.54, 1.807) is 54.6 Å². The summed E-state index contributed by atoms with van der Waals surface area (Å²) in [7, 11) is 0. The molecule has 140 valence electrons. The van der Waals surface area contributed by atoms with Crippen LogP contribution in [0.5, 0.6) is 0 Å². The molecule has 0 aliphatic carbocycles. The van der Waals surface area contributed by atoms with E-state index < -0.39 is 11.8 Å². The van der Waals surface area contributed by atoms with Crippen molar-refractivity contribution in [1.82, 2.24) is 0 Å². The first-order valence-electron chi connectivity index (χ1n) is 8.66. The topological polar surface area (TPSA) is 55.4 Å². The number of benzene rings is 3. The molecule has 1 amide bonds. The third-order valence-corrected chi connectivity index (χ3v) is 3.93. The zero-order chi connectivity index (χ0) is 19.8. The van der Waals surface area contributed by atoms with E-state index in [0.29, 0.717) is 16.8 Å². The van der Waals surface area contributed by atoms with Gasteiger partial charge in [-0.3, -0.25) is 4.79 Å². The largest absolute Gasteiger partial charge is 0.458 e. The van der Waals surface area contributed by atoms with Crippen LogP contribution in [0.15, 0.2) is 84.9 Å². The van der Waals surface area contributed by atoms with Crippen molar-refractivity contribution in [2.75, 3.05) is 5.32 Å². The number of nitrogens with one attached hydrogen (secondary N) is 1. The zero-order valence-corrected chi connectivity index (χ0v) is 15.0. The minimum Gasteiger partial charge on any atom is -0.458 e. The van der Waals surface area contributed by atoms with Gasteiger partial charge in [0.2, 0.25) is 0 Å². The molecule has 4 nitrogen and oxygen atoms in total. The molecule has 0 radical (unpaired) electrons. The Balaban J connectivity index is 1.52. The molecule has 0 bridgehead atoms. The SMILES string of the molecule is O=C(/C=C/c1ccccc1F)OCc1ccc(C(=O)Nc2ccccc2)cc1. The second-order valence-corrected chi connectivity index (χ2v) is 5.98. The first kappa shape index (κ1) is 19.0. The first-order valence-corrected chi connectivity index (χ1v) is 8.66. The molecular weight excluding hydrogens is 357 g/mol. The van der Waals surface area contributed by atoms with Crippen LogP contribution in [0.2, 0.25) is 0 Å². The molecule has 0 heterocycles. The summed E-state index contributed by atoms with van der Waals surface area (Å²) in [5, 5.41) is 2.80. The smallest absolute Gasteiger partial charge is 0.331 e. The molecule has 3 aromatic rings. The Morgan fingerprint density at radius 2 is 1.57 bits per heavy atom. The summed E-state index contributed by atoms with van der Waals surface area (Å²) < 4.78 is 18.6. The van der Waals surface area contributed by atoms with Gasteiger partial charge in [0.05, 0.1) is 0 Å². The fourth-order valence-corrected chi connectivity index (χ4v) is 2.45. The molecule has 5 heteroatoms. The number of carbonyl (C=O) groups excluding carboxylic acids is 2. The summed E-state index contributed by atoms with van der Waals surface area (Å²) >= 11 is 0. The molecule has 28 heavy (non-hydrogen) atoms. The zero-order valence-electron chi connectivity index (χ0n) is 15.0. The molecule has 1 N–H and O–H groups in total. The van der Waals surface area contributed by atoms with Crippen molar-refractivity contribution in [3.63, 3.8) is 0 Å². The monoisotopic (exact) mass is 375 g/mol. The maximum atomic E-state index is 13.5. The maximum Gasteiger partial charge on any atom is 0.331 e. The van der Waals surface area contributed by atoms with Gasteiger partial charge in [0.25, 0.3) is 5.91 Å². The molecule has 3 aromatic carbocycles. The van der Waals surface area contributed by atoms with Crippen molar-refractivity contribution < 1.29 is 18.7 Å². The van der Waals surface area contributed by atoms with Gasteiger partial charge in [-0.25, -0.2) is 9.18 Å². The molecule has 3 rings (SSSR count). The van der Waals surface area contributed by atoms with Crippen LogP contribution in [0, 0.1) is 5.82 Å². The van der Waals surface area contributed by atoms with Crippen LogP contribution in [0.4, 0.5) is 10.1 Å². The van der Waals surface area contributed by atoms with E-state index in [2.05, 4.69) is 5.32 Å². The number of ether oxygens (including phenoxy) is 1. The van der Waals surface area contributed by atoms with E-state index in [4.69, 9.17) is 4.74 Å². The highest BCUT2D eigenvalue weighted by molar-refractivity contribution is 6.04. The number of amides is 1. The quantitative estimate of drug-likeness (QED) is 0.496. The molecule has 0 aromatic heterocycles. The van der Waals surface area contributed by atoms with E-state index in [-0.39, 0.29) is 12.5 Å². The molecule has 0 aliphatic rings. The Morgan fingerprint density at radius 3 is 2.29 bits per heavy atom. The van der Waals surface area contributed by atoms with Gasteiger partial charge in [-0.05, 0) is 42.0 Å². The Hall–Kier alpha value is -3.73. The average Bonchev–Trinajstić information content (AvgIpc) is 2.73. The third kappa shape index (κ3) is 5.38. The van der Waals surface area contributed by atoms with Crippen molar-refractivity contribution in [1.29, 1.82) is 0 Å². The number of anilines is 1. The summed E-state index contributed by atoms with van der Waals surface area (Å²) in [6.07, 6.45) is 2.55. The fourth-order valence-electron chi connectivity index (χ4n) is 2.45. The van der Waals surface area contributed by atoms with Crippen LogP contribution in [0.3, 0.4) is 0 Å². The molecular formula is C23H18FNO3. The van der Waals surface area contributed by atoms with Crippen LogP contribution >= 0.6 is 0 Å². The third-order valence-electron chi connectivity index (χ3n) is 3.93. The fraction of sp³-hybridized carbons (Fsp3) is 0.0435. The van der Waals surface area contributed by atoms with Gasteiger partial charge in [-0.15, -0.1) is 0 Å². The van der Waals surface area contributed by atoms with Gasteiger partial charge in [-0.2, -0.15) is 0 Å². The van der Waals surface area contributed by atoms with Gasteiger partial charge in [0.15, 0.2) is 0 Å². The normalized spacial score (nSPS) is 10.6. The van der Waals surface area contributed by atoms with Gasteiger partial charge in [-0.1, -0.05) is 48.5 Å². The number of esters is 1. The molecule has 0 unspecified atom stereocenters. The summed E-state index contributed by atoms with van der Waals surface area (Å²) in [4.78, 5) is 24.0. The molecule has 0 fully saturated rings. The number of hydrogen-bond acceptors (Lipinski definition) is 3. The lowest BCUT2D eigenvalue weighted by molar-refractivity contribution is -0.138. The Kier molecular flexibility index (Phi) is 6.31. The second kappa shape index (κ2) is 9.28. The van der Waals surface area contributed by atoms with Crippen molar-refractivity contribution in [2.45, 2.75) is 6.61 Å². The van der Waals surface area contributed by atoms with Crippen LogP contribution < -0.4 is 5.32 Å². The van der Waals surface area contributed by atoms with Crippen LogP contribution in [0.1, 0.15) is 21.5 Å². The van der Waals surface area contributed by atoms with Crippen molar-refractivity contribution in [3.05, 3.63) is 107 Å². The highest BCUT2D eigenvalue weighted by atomic mass is 19.1. The second-order valence-electron chi connectivity index (χ2n) is 5.98. The van der Waals surface area contributed by atoms with Crippen LogP contribution in [-0.4, -0.2) is 11.9 Å². The molecule has 0 saturated heterocycles. The van der Waals surface area contributed by atoms with Crippen molar-refractivity contribution in [3.8, 4) is 0 Å². The van der Waals surface area contributed by atoms with Crippen molar-refractivity contribution in [2.24, 2.45) is 0 Å². The number of halogens is 1. The average molecular weight is 375 g/mol. The molecule has 0 atom stereocenters. The van der Waals surface area contributed by atoms with Gasteiger partial charge < -0.3 is 10.1 Å². The number of para-hydroxylation sites is 1. The van der Waals surface area contributed by atoms with Crippen molar-refractivity contribution >= 4 is 23.6 Å². The molecule has 0 saturated carbocycles. The molecule has 0 aliphatic heterocycles. The summed E-state index contributed by atoms with van der Waals surface area (Å²) in [6.45, 7) is 0.0566. The summed E-state index contributed by atoms with van der Waals surface area (Å²) in [5.74, 6) is -1.20. The van der Waals surface area contributed by atoms with Gasteiger partial charge in [0.1, 0.15) is 12.4 Å². The number of carbonyl (C=O) groups is 2. The number of rotatable bonds is 6. The minimum absolute atomic E-state index is 0.0566.